The zero-order valence-corrected chi connectivity index (χ0v) is 18.7. The number of esters is 1. The molecule has 2 atom stereocenters. The quantitative estimate of drug-likeness (QED) is 0.631. The summed E-state index contributed by atoms with van der Waals surface area (Å²) in [5.74, 6) is -4.21. The summed E-state index contributed by atoms with van der Waals surface area (Å²) in [6.07, 6.45) is 0. The number of aliphatic hydroxyl groups is 1. The van der Waals surface area contributed by atoms with Crippen LogP contribution in [0.1, 0.15) is 68.4 Å². The van der Waals surface area contributed by atoms with Gasteiger partial charge in [-0.2, -0.15) is 0 Å². The predicted molar refractivity (Wildman–Crippen MR) is 107 cm³/mol. The van der Waals surface area contributed by atoms with Gasteiger partial charge in [0.25, 0.3) is 11.7 Å². The molecule has 0 aromatic heterocycles. The van der Waals surface area contributed by atoms with E-state index in [1.54, 1.807) is 34.6 Å². The number of rotatable bonds is 3. The number of ether oxygens (including phenoxy) is 1. The van der Waals surface area contributed by atoms with Crippen LogP contribution in [0.25, 0.3) is 0 Å². The fourth-order valence-corrected chi connectivity index (χ4v) is 3.92. The smallest absolute Gasteiger partial charge is 0.313 e. The normalized spacial score (nSPS) is 24.6. The van der Waals surface area contributed by atoms with Crippen molar-refractivity contribution in [3.8, 4) is 0 Å². The molecule has 0 aliphatic carbocycles. The molecule has 6 nitrogen and oxygen atoms in total. The van der Waals surface area contributed by atoms with E-state index >= 15 is 0 Å². The molecule has 1 saturated heterocycles. The Morgan fingerprint density at radius 3 is 2.11 bits per heavy atom. The summed E-state index contributed by atoms with van der Waals surface area (Å²) in [4.78, 5) is 31.4. The molecular weight excluding hydrogens is 358 g/mol. The molecule has 1 aromatic rings. The number of hydrogen-bond acceptors (Lipinski definition) is 5. The highest BCUT2D eigenvalue weighted by Crippen LogP contribution is 2.51. The molecule has 1 fully saturated rings. The highest BCUT2D eigenvalue weighted by molar-refractivity contribution is 5.90. The van der Waals surface area contributed by atoms with Gasteiger partial charge in [0.15, 0.2) is 0 Å². The molecule has 2 unspecified atom stereocenters. The number of hydroxylamine groups is 2. The number of aryl methyl sites for hydroxylation is 2. The minimum atomic E-state index is -2.10. The first kappa shape index (κ1) is 22.4. The van der Waals surface area contributed by atoms with Crippen molar-refractivity contribution in [2.45, 2.75) is 79.6 Å². The zero-order chi connectivity index (χ0) is 21.8. The Labute approximate surface area is 167 Å². The van der Waals surface area contributed by atoms with E-state index in [-0.39, 0.29) is 0 Å². The van der Waals surface area contributed by atoms with Gasteiger partial charge < -0.3 is 9.84 Å². The van der Waals surface area contributed by atoms with Crippen LogP contribution in [-0.2, 0) is 19.2 Å². The Morgan fingerprint density at radius 2 is 1.64 bits per heavy atom. The van der Waals surface area contributed by atoms with Crippen molar-refractivity contribution in [2.24, 2.45) is 5.41 Å². The summed E-state index contributed by atoms with van der Waals surface area (Å²) in [6, 6.07) is 1.99. The maximum atomic E-state index is 13.3. The molecule has 1 N–H and O–H groups in total. The summed E-state index contributed by atoms with van der Waals surface area (Å²) in [7, 11) is 1.37. The minimum Gasteiger partial charge on any atom is -0.429 e. The van der Waals surface area contributed by atoms with Crippen LogP contribution < -0.4 is 0 Å². The van der Waals surface area contributed by atoms with Crippen LogP contribution in [-0.4, -0.2) is 40.5 Å². The van der Waals surface area contributed by atoms with Gasteiger partial charge in [0.05, 0.1) is 12.5 Å². The minimum absolute atomic E-state index is 0.439. The van der Waals surface area contributed by atoms with E-state index in [9.17, 15) is 14.7 Å². The van der Waals surface area contributed by atoms with E-state index in [4.69, 9.17) is 9.57 Å². The molecule has 1 heterocycles. The van der Waals surface area contributed by atoms with Gasteiger partial charge in [0, 0.05) is 0 Å². The zero-order valence-electron chi connectivity index (χ0n) is 18.7. The predicted octanol–water partition coefficient (Wildman–Crippen LogP) is 3.46. The second kappa shape index (κ2) is 6.85. The number of carbonyl (C=O) groups excluding carboxylic acids is 2. The Hall–Kier alpha value is -1.92. The van der Waals surface area contributed by atoms with Crippen molar-refractivity contribution in [1.82, 2.24) is 5.06 Å². The Balaban J connectivity index is 2.78. The number of benzene rings is 1. The van der Waals surface area contributed by atoms with Gasteiger partial charge in [0.2, 0.25) is 0 Å². The average molecular weight is 392 g/mol. The van der Waals surface area contributed by atoms with Crippen molar-refractivity contribution >= 4 is 11.9 Å². The molecule has 2 rings (SSSR count). The van der Waals surface area contributed by atoms with Crippen LogP contribution in [0.5, 0.6) is 0 Å². The highest BCUT2D eigenvalue weighted by atomic mass is 16.7. The fraction of sp³-hybridized carbons (Fsp3) is 0.636. The molecule has 0 radical (unpaired) electrons. The second-order valence-electron chi connectivity index (χ2n) is 9.32. The monoisotopic (exact) mass is 391 g/mol. The standard InChI is InChI=1S/C22H33NO5/c1-12-11-13(2)16(15(4)14(12)3)17-18(24)23(27-10)21(8,9)22(17,26)28-19(25)20(5,6)7/h11,17,26H,1-10H3. The van der Waals surface area contributed by atoms with Gasteiger partial charge in [-0.3, -0.25) is 14.4 Å². The number of nitrogens with zero attached hydrogens (tertiary/aromatic N) is 1. The lowest BCUT2D eigenvalue weighted by Crippen LogP contribution is -2.58. The lowest BCUT2D eigenvalue weighted by atomic mass is 9.78. The van der Waals surface area contributed by atoms with E-state index in [0.29, 0.717) is 5.56 Å². The van der Waals surface area contributed by atoms with Crippen LogP contribution in [0.2, 0.25) is 0 Å². The first-order valence-corrected chi connectivity index (χ1v) is 9.52. The molecule has 28 heavy (non-hydrogen) atoms. The van der Waals surface area contributed by atoms with E-state index < -0.39 is 34.5 Å². The molecule has 0 spiro atoms. The summed E-state index contributed by atoms with van der Waals surface area (Å²) >= 11 is 0. The van der Waals surface area contributed by atoms with E-state index in [0.717, 1.165) is 27.3 Å². The van der Waals surface area contributed by atoms with Crippen LogP contribution in [0, 0.1) is 33.1 Å². The summed E-state index contributed by atoms with van der Waals surface area (Å²) in [5.41, 5.74) is 2.43. The molecule has 1 aliphatic heterocycles. The molecule has 156 valence electrons. The largest absolute Gasteiger partial charge is 0.429 e. The topological polar surface area (TPSA) is 76.1 Å². The molecule has 1 amide bonds. The molecule has 6 heteroatoms. The SMILES string of the molecule is CON1C(=O)C(c2c(C)cc(C)c(C)c2C)C(O)(OC(=O)C(C)(C)C)C1(C)C. The molecular formula is C22H33NO5. The van der Waals surface area contributed by atoms with Crippen molar-refractivity contribution in [2.75, 3.05) is 7.11 Å². The van der Waals surface area contributed by atoms with Gasteiger partial charge >= 0.3 is 5.97 Å². The van der Waals surface area contributed by atoms with Crippen LogP contribution in [0.15, 0.2) is 6.07 Å². The third-order valence-corrected chi connectivity index (χ3v) is 5.97. The fourth-order valence-electron chi connectivity index (χ4n) is 3.92. The molecule has 1 aromatic carbocycles. The summed E-state index contributed by atoms with van der Waals surface area (Å²) in [5, 5.41) is 12.9. The lowest BCUT2D eigenvalue weighted by molar-refractivity contribution is -0.278. The second-order valence-corrected chi connectivity index (χ2v) is 9.32. The Bertz CT molecular complexity index is 821. The average Bonchev–Trinajstić information content (AvgIpc) is 2.68. The van der Waals surface area contributed by atoms with Gasteiger partial charge in [-0.1, -0.05) is 6.07 Å². The van der Waals surface area contributed by atoms with Gasteiger partial charge in [-0.05, 0) is 90.1 Å². The number of carbonyl (C=O) groups is 2. The van der Waals surface area contributed by atoms with Crippen LogP contribution >= 0.6 is 0 Å². The lowest BCUT2D eigenvalue weighted by Gasteiger charge is -2.41. The third-order valence-electron chi connectivity index (χ3n) is 5.97. The summed E-state index contributed by atoms with van der Waals surface area (Å²) < 4.78 is 5.70. The van der Waals surface area contributed by atoms with Crippen molar-refractivity contribution < 1.29 is 24.3 Å². The van der Waals surface area contributed by atoms with Gasteiger partial charge in [-0.15, -0.1) is 0 Å². The van der Waals surface area contributed by atoms with Crippen molar-refractivity contribution in [3.63, 3.8) is 0 Å². The number of amides is 1. The van der Waals surface area contributed by atoms with Crippen LogP contribution in [0.4, 0.5) is 0 Å². The molecule has 0 bridgehead atoms. The van der Waals surface area contributed by atoms with E-state index in [1.165, 1.54) is 7.11 Å². The maximum absolute atomic E-state index is 13.3. The van der Waals surface area contributed by atoms with Gasteiger partial charge in [0.1, 0.15) is 11.5 Å². The van der Waals surface area contributed by atoms with E-state index in [2.05, 4.69) is 0 Å². The molecule has 0 saturated carbocycles. The number of hydrogen-bond donors (Lipinski definition) is 1. The highest BCUT2D eigenvalue weighted by Gasteiger charge is 2.68. The summed E-state index contributed by atoms with van der Waals surface area (Å²) in [6.45, 7) is 16.2. The molecule has 1 aliphatic rings. The maximum Gasteiger partial charge on any atom is 0.313 e. The Morgan fingerprint density at radius 1 is 1.11 bits per heavy atom. The van der Waals surface area contributed by atoms with Crippen LogP contribution in [0.3, 0.4) is 0 Å². The third kappa shape index (κ3) is 3.12. The first-order valence-electron chi connectivity index (χ1n) is 9.52. The first-order chi connectivity index (χ1) is 12.6. The Kier molecular flexibility index (Phi) is 5.47. The van der Waals surface area contributed by atoms with E-state index in [1.807, 2.05) is 33.8 Å². The van der Waals surface area contributed by atoms with Crippen molar-refractivity contribution in [3.05, 3.63) is 33.9 Å². The van der Waals surface area contributed by atoms with Crippen molar-refractivity contribution in [1.29, 1.82) is 0 Å². The van der Waals surface area contributed by atoms with Gasteiger partial charge in [-0.25, -0.2) is 5.06 Å².